The largest absolute Gasteiger partial charge is 0.493 e. The Hall–Kier alpha value is -1.06. The number of nitrogens with one attached hydrogen (secondary N) is 1. The Morgan fingerprint density at radius 3 is 2.59 bits per heavy atom. The van der Waals surface area contributed by atoms with Crippen molar-refractivity contribution in [2.24, 2.45) is 0 Å². The lowest BCUT2D eigenvalue weighted by atomic mass is 9.95. The summed E-state index contributed by atoms with van der Waals surface area (Å²) in [5, 5.41) is 3.42. The van der Waals surface area contributed by atoms with Crippen LogP contribution in [0.1, 0.15) is 49.8 Å². The summed E-state index contributed by atoms with van der Waals surface area (Å²) in [7, 11) is 0. The van der Waals surface area contributed by atoms with Gasteiger partial charge >= 0.3 is 0 Å². The van der Waals surface area contributed by atoms with Crippen LogP contribution in [0, 0.1) is 6.92 Å². The summed E-state index contributed by atoms with van der Waals surface area (Å²) in [6.07, 6.45) is 2.20. The highest BCUT2D eigenvalue weighted by atomic mass is 16.5. The smallest absolute Gasteiger partial charge is 0.123 e. The quantitative estimate of drug-likeness (QED) is 0.836. The first kappa shape index (κ1) is 17.3. The summed E-state index contributed by atoms with van der Waals surface area (Å²) in [6.45, 7) is 15.4. The van der Waals surface area contributed by atoms with Gasteiger partial charge in [0.1, 0.15) is 5.75 Å². The van der Waals surface area contributed by atoms with Gasteiger partial charge in [0.15, 0.2) is 0 Å². The standard InChI is InChI=1S/C19H32N2O/c1-5-12-22-19-13-16(4)17(14-18(19)15(2)3)6-9-21-10-7-20-8-11-21/h13-15,20H,5-12H2,1-4H3. The molecule has 3 nitrogen and oxygen atoms in total. The number of nitrogens with zero attached hydrogens (tertiary/aromatic N) is 1. The van der Waals surface area contributed by atoms with Gasteiger partial charge in [-0.1, -0.05) is 26.8 Å². The Bertz CT molecular complexity index is 465. The molecular weight excluding hydrogens is 272 g/mol. The van der Waals surface area contributed by atoms with E-state index in [1.54, 1.807) is 0 Å². The molecular formula is C19H32N2O. The van der Waals surface area contributed by atoms with E-state index in [9.17, 15) is 0 Å². The van der Waals surface area contributed by atoms with Gasteiger partial charge in [-0.05, 0) is 48.4 Å². The van der Waals surface area contributed by atoms with Gasteiger partial charge in [0.05, 0.1) is 6.61 Å². The normalized spacial score (nSPS) is 16.2. The lowest BCUT2D eigenvalue weighted by molar-refractivity contribution is 0.243. The molecule has 3 heteroatoms. The molecule has 0 radical (unpaired) electrons. The number of aryl methyl sites for hydroxylation is 1. The first-order chi connectivity index (χ1) is 10.6. The van der Waals surface area contributed by atoms with Crippen molar-refractivity contribution in [1.29, 1.82) is 0 Å². The minimum Gasteiger partial charge on any atom is -0.493 e. The molecule has 1 saturated heterocycles. The predicted octanol–water partition coefficient (Wildman–Crippen LogP) is 3.35. The van der Waals surface area contributed by atoms with Crippen LogP contribution in [0.5, 0.6) is 5.75 Å². The molecule has 124 valence electrons. The van der Waals surface area contributed by atoms with E-state index in [-0.39, 0.29) is 0 Å². The zero-order chi connectivity index (χ0) is 15.9. The number of hydrogen-bond donors (Lipinski definition) is 1. The zero-order valence-corrected chi connectivity index (χ0v) is 14.7. The second-order valence-corrected chi connectivity index (χ2v) is 6.66. The molecule has 1 aliphatic heterocycles. The fourth-order valence-electron chi connectivity index (χ4n) is 3.02. The number of rotatable bonds is 7. The van der Waals surface area contributed by atoms with Crippen LogP contribution in [0.25, 0.3) is 0 Å². The van der Waals surface area contributed by atoms with E-state index >= 15 is 0 Å². The minimum atomic E-state index is 0.505. The SMILES string of the molecule is CCCOc1cc(C)c(CCN2CCNCC2)cc1C(C)C. The first-order valence-electron chi connectivity index (χ1n) is 8.81. The summed E-state index contributed by atoms with van der Waals surface area (Å²) in [6, 6.07) is 4.63. The summed E-state index contributed by atoms with van der Waals surface area (Å²) in [5.41, 5.74) is 4.20. The lowest BCUT2D eigenvalue weighted by Gasteiger charge is -2.27. The average Bonchev–Trinajstić information content (AvgIpc) is 2.52. The van der Waals surface area contributed by atoms with E-state index in [0.29, 0.717) is 5.92 Å². The van der Waals surface area contributed by atoms with Crippen molar-refractivity contribution in [3.63, 3.8) is 0 Å². The van der Waals surface area contributed by atoms with E-state index in [0.717, 1.165) is 44.8 Å². The van der Waals surface area contributed by atoms with Crippen LogP contribution in [0.15, 0.2) is 12.1 Å². The molecule has 0 aromatic heterocycles. The average molecular weight is 304 g/mol. The Balaban J connectivity index is 2.08. The van der Waals surface area contributed by atoms with Crippen LogP contribution in [0.3, 0.4) is 0 Å². The van der Waals surface area contributed by atoms with Gasteiger partial charge in [-0.15, -0.1) is 0 Å². The molecule has 1 heterocycles. The lowest BCUT2D eigenvalue weighted by Crippen LogP contribution is -2.44. The van der Waals surface area contributed by atoms with Crippen molar-refractivity contribution >= 4 is 0 Å². The van der Waals surface area contributed by atoms with Gasteiger partial charge < -0.3 is 15.0 Å². The van der Waals surface area contributed by atoms with Crippen molar-refractivity contribution in [2.45, 2.75) is 46.5 Å². The number of ether oxygens (including phenoxy) is 1. The van der Waals surface area contributed by atoms with Crippen LogP contribution >= 0.6 is 0 Å². The molecule has 0 bridgehead atoms. The van der Waals surface area contributed by atoms with Crippen molar-refractivity contribution in [2.75, 3.05) is 39.3 Å². The van der Waals surface area contributed by atoms with E-state index in [2.05, 4.69) is 50.0 Å². The fourth-order valence-corrected chi connectivity index (χ4v) is 3.02. The van der Waals surface area contributed by atoms with Crippen molar-refractivity contribution < 1.29 is 4.74 Å². The summed E-state index contributed by atoms with van der Waals surface area (Å²) in [4.78, 5) is 2.56. The molecule has 1 N–H and O–H groups in total. The van der Waals surface area contributed by atoms with Crippen LogP contribution in [-0.2, 0) is 6.42 Å². The highest BCUT2D eigenvalue weighted by Gasteiger charge is 2.14. The molecule has 0 unspecified atom stereocenters. The van der Waals surface area contributed by atoms with Gasteiger partial charge in [0, 0.05) is 32.7 Å². The molecule has 0 aliphatic carbocycles. The van der Waals surface area contributed by atoms with Gasteiger partial charge in [-0.25, -0.2) is 0 Å². The molecule has 0 amide bonds. The van der Waals surface area contributed by atoms with Crippen LogP contribution in [0.4, 0.5) is 0 Å². The molecule has 1 fully saturated rings. The van der Waals surface area contributed by atoms with Crippen LogP contribution in [0.2, 0.25) is 0 Å². The topological polar surface area (TPSA) is 24.5 Å². The van der Waals surface area contributed by atoms with Gasteiger partial charge in [0.2, 0.25) is 0 Å². The van der Waals surface area contributed by atoms with E-state index in [1.165, 1.54) is 29.8 Å². The Kier molecular flexibility index (Phi) is 6.71. The monoisotopic (exact) mass is 304 g/mol. The third-order valence-electron chi connectivity index (χ3n) is 4.46. The predicted molar refractivity (Wildman–Crippen MR) is 94.1 cm³/mol. The second kappa shape index (κ2) is 8.54. The maximum absolute atomic E-state index is 5.96. The van der Waals surface area contributed by atoms with Crippen molar-refractivity contribution in [3.8, 4) is 5.75 Å². The first-order valence-corrected chi connectivity index (χ1v) is 8.81. The summed E-state index contributed by atoms with van der Waals surface area (Å²) >= 11 is 0. The number of hydrogen-bond acceptors (Lipinski definition) is 3. The van der Waals surface area contributed by atoms with Gasteiger partial charge in [-0.3, -0.25) is 0 Å². The van der Waals surface area contributed by atoms with E-state index in [1.807, 2.05) is 0 Å². The fraction of sp³-hybridized carbons (Fsp3) is 0.684. The zero-order valence-electron chi connectivity index (χ0n) is 14.7. The highest BCUT2D eigenvalue weighted by Crippen LogP contribution is 2.30. The van der Waals surface area contributed by atoms with Crippen molar-refractivity contribution in [3.05, 3.63) is 28.8 Å². The van der Waals surface area contributed by atoms with Gasteiger partial charge in [-0.2, -0.15) is 0 Å². The number of benzene rings is 1. The van der Waals surface area contributed by atoms with E-state index < -0.39 is 0 Å². The number of piperazine rings is 1. The molecule has 0 spiro atoms. The summed E-state index contributed by atoms with van der Waals surface area (Å²) in [5.74, 6) is 1.59. The van der Waals surface area contributed by atoms with Gasteiger partial charge in [0.25, 0.3) is 0 Å². The molecule has 22 heavy (non-hydrogen) atoms. The second-order valence-electron chi connectivity index (χ2n) is 6.66. The van der Waals surface area contributed by atoms with Crippen LogP contribution < -0.4 is 10.1 Å². The maximum atomic E-state index is 5.96. The minimum absolute atomic E-state index is 0.505. The molecule has 0 atom stereocenters. The Morgan fingerprint density at radius 2 is 1.95 bits per heavy atom. The maximum Gasteiger partial charge on any atom is 0.123 e. The van der Waals surface area contributed by atoms with Crippen LogP contribution in [-0.4, -0.2) is 44.2 Å². The van der Waals surface area contributed by atoms with Crippen molar-refractivity contribution in [1.82, 2.24) is 10.2 Å². The highest BCUT2D eigenvalue weighted by molar-refractivity contribution is 5.44. The Labute approximate surface area is 136 Å². The molecule has 2 rings (SSSR count). The third-order valence-corrected chi connectivity index (χ3v) is 4.46. The van der Waals surface area contributed by atoms with E-state index in [4.69, 9.17) is 4.74 Å². The molecule has 1 aliphatic rings. The summed E-state index contributed by atoms with van der Waals surface area (Å²) < 4.78 is 5.96. The Morgan fingerprint density at radius 1 is 1.23 bits per heavy atom. The molecule has 0 saturated carbocycles. The third kappa shape index (κ3) is 4.72. The molecule has 1 aromatic carbocycles. The molecule has 1 aromatic rings.